The average Bonchev–Trinajstić information content (AvgIpc) is 3.11. The molecule has 0 aromatic carbocycles. The molecule has 3 rings (SSSR count). The van der Waals surface area contributed by atoms with Gasteiger partial charge in [0.25, 0.3) is 5.60 Å². The lowest BCUT2D eigenvalue weighted by Crippen LogP contribution is -2.55. The predicted octanol–water partition coefficient (Wildman–Crippen LogP) is 6.49. The van der Waals surface area contributed by atoms with Crippen molar-refractivity contribution in [3.05, 3.63) is 59.3 Å². The van der Waals surface area contributed by atoms with Crippen molar-refractivity contribution < 1.29 is 41.7 Å². The monoisotopic (exact) mass is 520 g/mol. The molecule has 0 spiro atoms. The van der Waals surface area contributed by atoms with Crippen LogP contribution in [0.3, 0.4) is 0 Å². The van der Waals surface area contributed by atoms with E-state index in [0.717, 1.165) is 42.9 Å². The summed E-state index contributed by atoms with van der Waals surface area (Å²) >= 11 is 0. The highest BCUT2D eigenvalue weighted by Gasteiger charge is 2.68. The van der Waals surface area contributed by atoms with Crippen LogP contribution in [0.1, 0.15) is 58.8 Å². The van der Waals surface area contributed by atoms with Gasteiger partial charge in [0.2, 0.25) is 0 Å². The second-order valence-corrected chi connectivity index (χ2v) is 10.6. The van der Waals surface area contributed by atoms with Crippen LogP contribution in [-0.2, 0) is 0 Å². The van der Waals surface area contributed by atoms with Crippen LogP contribution in [0, 0.1) is 17.3 Å². The Kier molecular flexibility index (Phi) is 8.09. The van der Waals surface area contributed by atoms with Crippen LogP contribution in [0.5, 0.6) is 0 Å². The van der Waals surface area contributed by atoms with Crippen LogP contribution in [0.15, 0.2) is 59.3 Å². The number of aliphatic hydroxyl groups excluding tert-OH is 2. The Morgan fingerprint density at radius 3 is 2.39 bits per heavy atom. The van der Waals surface area contributed by atoms with Crippen LogP contribution in [-0.4, -0.2) is 45.5 Å². The molecule has 0 aromatic heterocycles. The topological polar surface area (TPSA) is 60.7 Å². The van der Waals surface area contributed by atoms with Crippen LogP contribution in [0.25, 0.3) is 0 Å². The van der Waals surface area contributed by atoms with Gasteiger partial charge in [-0.15, -0.1) is 0 Å². The molecule has 202 valence electrons. The molecule has 3 aliphatic carbocycles. The third-order valence-corrected chi connectivity index (χ3v) is 8.12. The second kappa shape index (κ2) is 10.1. The Morgan fingerprint density at radius 2 is 1.78 bits per heavy atom. The lowest BCUT2D eigenvalue weighted by Gasteiger charge is -2.42. The zero-order chi connectivity index (χ0) is 27.1. The van der Waals surface area contributed by atoms with E-state index < -0.39 is 30.2 Å². The van der Waals surface area contributed by atoms with E-state index in [4.69, 9.17) is 0 Å². The van der Waals surface area contributed by atoms with E-state index in [2.05, 4.69) is 13.5 Å². The van der Waals surface area contributed by atoms with Gasteiger partial charge in [-0.3, -0.25) is 0 Å². The second-order valence-electron chi connectivity index (χ2n) is 10.6. The highest BCUT2D eigenvalue weighted by molar-refractivity contribution is 5.40. The van der Waals surface area contributed by atoms with Crippen molar-refractivity contribution in [2.45, 2.75) is 89.0 Å². The number of aliphatic hydroxyl groups is 3. The zero-order valence-corrected chi connectivity index (χ0v) is 20.5. The summed E-state index contributed by atoms with van der Waals surface area (Å²) in [6, 6.07) is 0. The Balaban J connectivity index is 1.76. The molecule has 0 saturated heterocycles. The minimum absolute atomic E-state index is 0.0681. The fourth-order valence-electron chi connectivity index (χ4n) is 6.00. The quantitative estimate of drug-likeness (QED) is 0.287. The lowest BCUT2D eigenvalue weighted by atomic mass is 9.62. The van der Waals surface area contributed by atoms with Crippen molar-refractivity contribution in [3.8, 4) is 0 Å². The number of alkyl halides is 6. The standard InChI is InChI=1S/C27H34F6O3/c1-16(6-4-13-25(36,26(28,29)30)27(31,32)33)21-10-11-22-18(7-5-12-24(21,22)3)8-9-19-14-20(34)15-23(35)17(19)2/h4,8-10,13,16,20,22-23,34-36H,2,5-7,11-12,14-15H2,1,3H3/b13-4+,18-8+,19-9-/t16-,20-,22?,23+,24-/m1/s1. The van der Waals surface area contributed by atoms with Crippen molar-refractivity contribution in [2.24, 2.45) is 17.3 Å². The number of fused-ring (bicyclic) bond motifs is 1. The summed E-state index contributed by atoms with van der Waals surface area (Å²) in [4.78, 5) is 0. The van der Waals surface area contributed by atoms with Gasteiger partial charge in [0.1, 0.15) is 0 Å². The van der Waals surface area contributed by atoms with E-state index in [1.165, 1.54) is 5.57 Å². The van der Waals surface area contributed by atoms with Crippen LogP contribution in [0.2, 0.25) is 0 Å². The molecule has 3 nitrogen and oxygen atoms in total. The zero-order valence-electron chi connectivity index (χ0n) is 20.5. The van der Waals surface area contributed by atoms with Crippen molar-refractivity contribution in [1.82, 2.24) is 0 Å². The van der Waals surface area contributed by atoms with E-state index >= 15 is 0 Å². The molecular weight excluding hydrogens is 486 g/mol. The van der Waals surface area contributed by atoms with Crippen LogP contribution in [0.4, 0.5) is 26.3 Å². The van der Waals surface area contributed by atoms with Gasteiger partial charge in [-0.1, -0.05) is 55.9 Å². The molecule has 36 heavy (non-hydrogen) atoms. The van der Waals surface area contributed by atoms with Gasteiger partial charge >= 0.3 is 12.4 Å². The molecule has 2 saturated carbocycles. The van der Waals surface area contributed by atoms with E-state index in [9.17, 15) is 41.7 Å². The summed E-state index contributed by atoms with van der Waals surface area (Å²) in [6.07, 6.45) is -2.69. The van der Waals surface area contributed by atoms with Crippen LogP contribution < -0.4 is 0 Å². The number of rotatable bonds is 5. The van der Waals surface area contributed by atoms with Crippen molar-refractivity contribution >= 4 is 0 Å². The fourth-order valence-corrected chi connectivity index (χ4v) is 6.00. The van der Waals surface area contributed by atoms with E-state index in [1.54, 1.807) is 6.92 Å². The largest absolute Gasteiger partial charge is 0.429 e. The third-order valence-electron chi connectivity index (χ3n) is 8.12. The Morgan fingerprint density at radius 1 is 1.14 bits per heavy atom. The van der Waals surface area contributed by atoms with Crippen LogP contribution >= 0.6 is 0 Å². The third kappa shape index (κ3) is 5.38. The maximum atomic E-state index is 12.9. The molecular formula is C27H34F6O3. The summed E-state index contributed by atoms with van der Waals surface area (Å²) in [7, 11) is 0. The maximum absolute atomic E-state index is 12.9. The minimum atomic E-state index is -5.87. The molecule has 0 amide bonds. The summed E-state index contributed by atoms with van der Waals surface area (Å²) in [5.41, 5.74) is -1.56. The summed E-state index contributed by atoms with van der Waals surface area (Å²) < 4.78 is 77.7. The SMILES string of the molecule is C=C1/C(=C\C=C2/CCC[C@]3(C)C([C@H](C)C/C=C/C(O)(C(F)(F)F)C(F)(F)F)=CCC23)C[C@@H](O)C[C@@H]1O. The number of hydrogen-bond donors (Lipinski definition) is 3. The van der Waals surface area contributed by atoms with E-state index in [-0.39, 0.29) is 36.2 Å². The number of hydrogen-bond acceptors (Lipinski definition) is 3. The van der Waals surface area contributed by atoms with Crippen molar-refractivity contribution in [1.29, 1.82) is 0 Å². The van der Waals surface area contributed by atoms with Gasteiger partial charge in [0, 0.05) is 6.42 Å². The number of allylic oxidation sites excluding steroid dienone is 6. The maximum Gasteiger partial charge on any atom is 0.429 e. The molecule has 9 heteroatoms. The van der Waals surface area contributed by atoms with E-state index in [1.807, 2.05) is 18.2 Å². The first-order valence-corrected chi connectivity index (χ1v) is 12.2. The first-order chi connectivity index (χ1) is 16.5. The van der Waals surface area contributed by atoms with Crippen molar-refractivity contribution in [2.75, 3.05) is 0 Å². The van der Waals surface area contributed by atoms with Gasteiger partial charge in [-0.2, -0.15) is 26.3 Å². The molecule has 5 atom stereocenters. The number of halogens is 6. The Hall–Kier alpha value is -1.84. The predicted molar refractivity (Wildman–Crippen MR) is 125 cm³/mol. The first kappa shape index (κ1) is 28.7. The summed E-state index contributed by atoms with van der Waals surface area (Å²) in [6.45, 7) is 7.80. The molecule has 0 aliphatic heterocycles. The minimum Gasteiger partial charge on any atom is -0.393 e. The Labute approximate surface area is 207 Å². The molecule has 0 radical (unpaired) electrons. The van der Waals surface area contributed by atoms with Crippen molar-refractivity contribution in [3.63, 3.8) is 0 Å². The lowest BCUT2D eigenvalue weighted by molar-refractivity contribution is -0.347. The normalized spacial score (nSPS) is 33.4. The van der Waals surface area contributed by atoms with Gasteiger partial charge < -0.3 is 15.3 Å². The fraction of sp³-hybridized carbons (Fsp3) is 0.630. The Bertz CT molecular complexity index is 957. The molecule has 3 N–H and O–H groups in total. The molecule has 0 heterocycles. The molecule has 1 unspecified atom stereocenters. The highest BCUT2D eigenvalue weighted by atomic mass is 19.4. The summed E-state index contributed by atoms with van der Waals surface area (Å²) in [5.74, 6) is -0.151. The molecule has 0 aromatic rings. The highest BCUT2D eigenvalue weighted by Crippen LogP contribution is 2.57. The molecule has 2 fully saturated rings. The average molecular weight is 521 g/mol. The van der Waals surface area contributed by atoms with E-state index in [0.29, 0.717) is 12.0 Å². The molecule has 0 bridgehead atoms. The smallest absolute Gasteiger partial charge is 0.393 e. The van der Waals surface area contributed by atoms with Gasteiger partial charge in [-0.05, 0) is 73.0 Å². The van der Waals surface area contributed by atoms with Gasteiger partial charge in [-0.25, -0.2) is 0 Å². The first-order valence-electron chi connectivity index (χ1n) is 12.2. The van der Waals surface area contributed by atoms with Gasteiger partial charge in [0.05, 0.1) is 12.2 Å². The summed E-state index contributed by atoms with van der Waals surface area (Å²) in [5, 5.41) is 29.4. The van der Waals surface area contributed by atoms with Gasteiger partial charge in [0.15, 0.2) is 0 Å². The molecule has 3 aliphatic rings.